The first-order chi connectivity index (χ1) is 8.62. The molecular formula is C11H4F6N2. The molecular weight excluding hydrogens is 274 g/mol. The average molecular weight is 278 g/mol. The SMILES string of the molecule is N#CCc1ccc(C#N)c(C(F)(F)F)c1C(F)(F)F. The lowest BCUT2D eigenvalue weighted by Gasteiger charge is -2.19. The normalized spacial score (nSPS) is 11.8. The molecule has 0 N–H and O–H groups in total. The maximum atomic E-state index is 12.8. The number of hydrogen-bond donors (Lipinski definition) is 0. The zero-order chi connectivity index (χ0) is 14.8. The van der Waals surface area contributed by atoms with E-state index < -0.39 is 41.0 Å². The van der Waals surface area contributed by atoms with Gasteiger partial charge >= 0.3 is 12.4 Å². The molecule has 100 valence electrons. The summed E-state index contributed by atoms with van der Waals surface area (Å²) in [5.41, 5.74) is -5.95. The molecule has 0 aliphatic rings. The molecule has 1 aromatic rings. The summed E-state index contributed by atoms with van der Waals surface area (Å²) >= 11 is 0. The molecule has 1 rings (SSSR count). The van der Waals surface area contributed by atoms with Crippen molar-refractivity contribution in [1.29, 1.82) is 10.5 Å². The molecule has 0 aliphatic carbocycles. The second kappa shape index (κ2) is 4.81. The molecule has 0 aromatic heterocycles. The first kappa shape index (κ1) is 14.8. The summed E-state index contributed by atoms with van der Waals surface area (Å²) < 4.78 is 76.4. The summed E-state index contributed by atoms with van der Waals surface area (Å²) in [6.45, 7) is 0. The van der Waals surface area contributed by atoms with Crippen LogP contribution in [0.15, 0.2) is 12.1 Å². The third-order valence-electron chi connectivity index (χ3n) is 2.25. The Kier molecular flexibility index (Phi) is 3.75. The van der Waals surface area contributed by atoms with Crippen LogP contribution < -0.4 is 0 Å². The van der Waals surface area contributed by atoms with Crippen molar-refractivity contribution in [2.45, 2.75) is 18.8 Å². The van der Waals surface area contributed by atoms with Crippen molar-refractivity contribution in [2.24, 2.45) is 0 Å². The van der Waals surface area contributed by atoms with E-state index in [-0.39, 0.29) is 0 Å². The van der Waals surface area contributed by atoms with Crippen LogP contribution in [0.2, 0.25) is 0 Å². The summed E-state index contributed by atoms with van der Waals surface area (Å²) in [6.07, 6.45) is -11.5. The smallest absolute Gasteiger partial charge is 0.198 e. The van der Waals surface area contributed by atoms with Crippen molar-refractivity contribution in [3.05, 3.63) is 34.4 Å². The molecule has 0 atom stereocenters. The Bertz CT molecular complexity index is 571. The molecule has 0 aliphatic heterocycles. The highest BCUT2D eigenvalue weighted by atomic mass is 19.4. The van der Waals surface area contributed by atoms with Crippen LogP contribution in [-0.2, 0) is 18.8 Å². The van der Waals surface area contributed by atoms with Gasteiger partial charge in [0, 0.05) is 0 Å². The van der Waals surface area contributed by atoms with Crippen LogP contribution in [0.25, 0.3) is 0 Å². The number of hydrogen-bond acceptors (Lipinski definition) is 2. The quantitative estimate of drug-likeness (QED) is 0.736. The Labute approximate surface area is 103 Å². The molecule has 0 heterocycles. The van der Waals surface area contributed by atoms with Gasteiger partial charge in [-0.05, 0) is 11.6 Å². The van der Waals surface area contributed by atoms with E-state index in [0.29, 0.717) is 12.1 Å². The Balaban J connectivity index is 3.80. The molecule has 0 saturated carbocycles. The minimum atomic E-state index is -5.33. The van der Waals surface area contributed by atoms with Crippen LogP contribution in [0.5, 0.6) is 0 Å². The zero-order valence-electron chi connectivity index (χ0n) is 9.02. The summed E-state index contributed by atoms with van der Waals surface area (Å²) in [7, 11) is 0. The van der Waals surface area contributed by atoms with E-state index in [2.05, 4.69) is 0 Å². The highest BCUT2D eigenvalue weighted by Crippen LogP contribution is 2.43. The number of rotatable bonds is 1. The Morgan fingerprint density at radius 3 is 1.79 bits per heavy atom. The summed E-state index contributed by atoms with van der Waals surface area (Å²) in [5.74, 6) is 0. The lowest BCUT2D eigenvalue weighted by atomic mass is 9.94. The van der Waals surface area contributed by atoms with Gasteiger partial charge in [0.05, 0.1) is 35.2 Å². The fourth-order valence-electron chi connectivity index (χ4n) is 1.59. The maximum Gasteiger partial charge on any atom is 0.418 e. The van der Waals surface area contributed by atoms with Crippen LogP contribution in [0, 0.1) is 22.7 Å². The molecule has 0 saturated heterocycles. The van der Waals surface area contributed by atoms with Gasteiger partial charge in [-0.15, -0.1) is 0 Å². The Hall–Kier alpha value is -2.22. The summed E-state index contributed by atoms with van der Waals surface area (Å²) in [4.78, 5) is 0. The summed E-state index contributed by atoms with van der Waals surface area (Å²) in [6, 6.07) is 3.78. The van der Waals surface area contributed by atoms with Gasteiger partial charge in [0.15, 0.2) is 0 Å². The molecule has 8 heteroatoms. The minimum Gasteiger partial charge on any atom is -0.198 e. The predicted molar refractivity (Wildman–Crippen MR) is 50.5 cm³/mol. The molecule has 0 fully saturated rings. The number of benzene rings is 1. The highest BCUT2D eigenvalue weighted by Gasteiger charge is 2.46. The lowest BCUT2D eigenvalue weighted by molar-refractivity contribution is -0.162. The topological polar surface area (TPSA) is 47.6 Å². The van der Waals surface area contributed by atoms with Gasteiger partial charge in [0.1, 0.15) is 0 Å². The van der Waals surface area contributed by atoms with Gasteiger partial charge in [0.2, 0.25) is 0 Å². The average Bonchev–Trinajstić information content (AvgIpc) is 2.26. The first-order valence-corrected chi connectivity index (χ1v) is 4.70. The van der Waals surface area contributed by atoms with E-state index in [1.165, 1.54) is 6.07 Å². The maximum absolute atomic E-state index is 12.8. The number of nitrogens with zero attached hydrogens (tertiary/aromatic N) is 2. The molecule has 0 radical (unpaired) electrons. The monoisotopic (exact) mass is 278 g/mol. The lowest BCUT2D eigenvalue weighted by Crippen LogP contribution is -2.20. The fourth-order valence-corrected chi connectivity index (χ4v) is 1.59. The van der Waals surface area contributed by atoms with Crippen molar-refractivity contribution in [3.63, 3.8) is 0 Å². The van der Waals surface area contributed by atoms with Crippen molar-refractivity contribution >= 4 is 0 Å². The van der Waals surface area contributed by atoms with E-state index in [1.807, 2.05) is 0 Å². The third-order valence-corrected chi connectivity index (χ3v) is 2.25. The van der Waals surface area contributed by atoms with Crippen LogP contribution >= 0.6 is 0 Å². The predicted octanol–water partition coefficient (Wildman–Crippen LogP) is 3.66. The second-order valence-electron chi connectivity index (χ2n) is 3.46. The van der Waals surface area contributed by atoms with Crippen molar-refractivity contribution in [1.82, 2.24) is 0 Å². The van der Waals surface area contributed by atoms with E-state index in [9.17, 15) is 26.3 Å². The minimum absolute atomic E-state index is 0.630. The molecule has 19 heavy (non-hydrogen) atoms. The van der Waals surface area contributed by atoms with Crippen LogP contribution in [0.4, 0.5) is 26.3 Å². The zero-order valence-corrected chi connectivity index (χ0v) is 9.02. The Morgan fingerprint density at radius 1 is 0.895 bits per heavy atom. The van der Waals surface area contributed by atoms with Gasteiger partial charge < -0.3 is 0 Å². The largest absolute Gasteiger partial charge is 0.418 e. The van der Waals surface area contributed by atoms with Crippen LogP contribution in [0.3, 0.4) is 0 Å². The van der Waals surface area contributed by atoms with E-state index >= 15 is 0 Å². The van der Waals surface area contributed by atoms with Gasteiger partial charge in [-0.25, -0.2) is 0 Å². The van der Waals surface area contributed by atoms with Crippen LogP contribution in [0.1, 0.15) is 22.3 Å². The first-order valence-electron chi connectivity index (χ1n) is 4.70. The van der Waals surface area contributed by atoms with Gasteiger partial charge in [-0.3, -0.25) is 0 Å². The number of nitriles is 2. The van der Waals surface area contributed by atoms with E-state index in [1.54, 1.807) is 0 Å². The third kappa shape index (κ3) is 2.97. The molecule has 0 unspecified atom stereocenters. The highest BCUT2D eigenvalue weighted by molar-refractivity contribution is 5.50. The van der Waals surface area contributed by atoms with Gasteiger partial charge in [-0.1, -0.05) is 6.07 Å². The summed E-state index contributed by atoms with van der Waals surface area (Å²) in [5, 5.41) is 16.9. The number of halogens is 6. The molecule has 1 aromatic carbocycles. The van der Waals surface area contributed by atoms with Crippen molar-refractivity contribution < 1.29 is 26.3 Å². The number of alkyl halides is 6. The van der Waals surface area contributed by atoms with E-state index in [4.69, 9.17) is 10.5 Å². The fraction of sp³-hybridized carbons (Fsp3) is 0.273. The molecule has 2 nitrogen and oxygen atoms in total. The van der Waals surface area contributed by atoms with Gasteiger partial charge in [-0.2, -0.15) is 36.9 Å². The van der Waals surface area contributed by atoms with Crippen molar-refractivity contribution in [2.75, 3.05) is 0 Å². The van der Waals surface area contributed by atoms with Gasteiger partial charge in [0.25, 0.3) is 0 Å². The van der Waals surface area contributed by atoms with Crippen molar-refractivity contribution in [3.8, 4) is 12.1 Å². The molecule has 0 amide bonds. The van der Waals surface area contributed by atoms with E-state index in [0.717, 1.165) is 6.07 Å². The molecule has 0 bridgehead atoms. The Morgan fingerprint density at radius 2 is 1.42 bits per heavy atom. The molecule has 0 spiro atoms. The standard InChI is InChI=1S/C11H4F6N2/c12-10(13,14)8-6(3-4-18)1-2-7(5-19)9(8)11(15,16)17/h1-2H,3H2. The van der Waals surface area contributed by atoms with Crippen LogP contribution in [-0.4, -0.2) is 0 Å². The second-order valence-corrected chi connectivity index (χ2v) is 3.46.